The van der Waals surface area contributed by atoms with Crippen LogP contribution >= 0.6 is 0 Å². The summed E-state index contributed by atoms with van der Waals surface area (Å²) in [5.41, 5.74) is 2.02. The summed E-state index contributed by atoms with van der Waals surface area (Å²) in [6.45, 7) is 0.724. The average Bonchev–Trinajstić information content (AvgIpc) is 3.33. The Morgan fingerprint density at radius 3 is 2.81 bits per heavy atom. The normalized spacial score (nSPS) is 18.5. The molecule has 1 aliphatic carbocycles. The molecule has 2 atom stereocenters. The van der Waals surface area contributed by atoms with E-state index in [2.05, 4.69) is 44.7 Å². The largest absolute Gasteiger partial charge is 0.356 e. The van der Waals surface area contributed by atoms with Gasteiger partial charge in [0.25, 0.3) is 0 Å². The quantitative estimate of drug-likeness (QED) is 0.710. The van der Waals surface area contributed by atoms with Crippen molar-refractivity contribution < 1.29 is 9.32 Å². The molecule has 0 bridgehead atoms. The second-order valence-electron chi connectivity index (χ2n) is 6.54. The maximum Gasteiger partial charge on any atom is 0.227 e. The van der Waals surface area contributed by atoms with Gasteiger partial charge in [-0.1, -0.05) is 41.6 Å². The zero-order chi connectivity index (χ0) is 17.8. The van der Waals surface area contributed by atoms with Crippen molar-refractivity contribution in [2.45, 2.75) is 25.2 Å². The minimum Gasteiger partial charge on any atom is -0.356 e. The molecule has 0 unspecified atom stereocenters. The predicted octanol–water partition coefficient (Wildman–Crippen LogP) is 2.98. The molecule has 1 N–H and O–H groups in total. The number of aromatic nitrogens is 3. The van der Waals surface area contributed by atoms with Crippen LogP contribution in [0.25, 0.3) is 11.5 Å². The number of pyridine rings is 1. The first-order valence-electron chi connectivity index (χ1n) is 8.85. The van der Waals surface area contributed by atoms with E-state index in [1.54, 1.807) is 6.20 Å². The molecule has 0 aliphatic heterocycles. The van der Waals surface area contributed by atoms with Crippen LogP contribution in [0.1, 0.15) is 30.2 Å². The Morgan fingerprint density at radius 2 is 2.00 bits per heavy atom. The summed E-state index contributed by atoms with van der Waals surface area (Å²) in [5, 5.41) is 6.92. The first-order valence-corrected chi connectivity index (χ1v) is 8.85. The van der Waals surface area contributed by atoms with Crippen molar-refractivity contribution in [3.63, 3.8) is 0 Å². The highest BCUT2D eigenvalue weighted by atomic mass is 16.5. The number of nitrogens with zero attached hydrogens (tertiary/aromatic N) is 3. The molecule has 4 rings (SSSR count). The summed E-state index contributed by atoms with van der Waals surface area (Å²) in [7, 11) is 0. The number of benzene rings is 1. The smallest absolute Gasteiger partial charge is 0.227 e. The Bertz CT molecular complexity index is 864. The van der Waals surface area contributed by atoms with Gasteiger partial charge in [0.2, 0.25) is 17.6 Å². The number of hydrogen-bond acceptors (Lipinski definition) is 5. The summed E-state index contributed by atoms with van der Waals surface area (Å²) in [6.07, 6.45) is 3.59. The average molecular weight is 348 g/mol. The van der Waals surface area contributed by atoms with Crippen molar-refractivity contribution in [3.05, 3.63) is 66.2 Å². The summed E-state index contributed by atoms with van der Waals surface area (Å²) < 4.78 is 5.20. The van der Waals surface area contributed by atoms with Gasteiger partial charge >= 0.3 is 0 Å². The molecule has 1 amide bonds. The van der Waals surface area contributed by atoms with E-state index in [4.69, 9.17) is 4.52 Å². The van der Waals surface area contributed by atoms with Gasteiger partial charge < -0.3 is 9.84 Å². The molecule has 0 saturated heterocycles. The molecule has 1 aliphatic rings. The van der Waals surface area contributed by atoms with E-state index >= 15 is 0 Å². The van der Waals surface area contributed by atoms with Gasteiger partial charge in [-0.15, -0.1) is 0 Å². The van der Waals surface area contributed by atoms with Gasteiger partial charge in [0.15, 0.2) is 0 Å². The van der Waals surface area contributed by atoms with Crippen molar-refractivity contribution in [2.24, 2.45) is 5.92 Å². The lowest BCUT2D eigenvalue weighted by molar-refractivity contribution is -0.121. The molecule has 0 spiro atoms. The summed E-state index contributed by atoms with van der Waals surface area (Å²) in [4.78, 5) is 20.5. The zero-order valence-electron chi connectivity index (χ0n) is 14.3. The monoisotopic (exact) mass is 348 g/mol. The number of carbonyl (C=O) groups excluding carboxylic acids is 1. The Hall–Kier alpha value is -3.02. The van der Waals surface area contributed by atoms with Gasteiger partial charge in [0.1, 0.15) is 5.69 Å². The number of rotatable bonds is 7. The van der Waals surface area contributed by atoms with Crippen LogP contribution in [-0.2, 0) is 11.2 Å². The predicted molar refractivity (Wildman–Crippen MR) is 96.1 cm³/mol. The van der Waals surface area contributed by atoms with Crippen LogP contribution in [0, 0.1) is 5.92 Å². The van der Waals surface area contributed by atoms with Gasteiger partial charge in [-0.25, -0.2) is 0 Å². The minimum absolute atomic E-state index is 0.0151. The van der Waals surface area contributed by atoms with Crippen LogP contribution in [0.2, 0.25) is 0 Å². The molecule has 2 aromatic heterocycles. The second-order valence-corrected chi connectivity index (χ2v) is 6.54. The fourth-order valence-corrected chi connectivity index (χ4v) is 3.09. The third-order valence-electron chi connectivity index (χ3n) is 4.64. The molecule has 0 radical (unpaired) electrons. The van der Waals surface area contributed by atoms with E-state index in [0.29, 0.717) is 42.1 Å². The molecule has 6 nitrogen and oxygen atoms in total. The van der Waals surface area contributed by atoms with Crippen molar-refractivity contribution in [1.82, 2.24) is 20.4 Å². The van der Waals surface area contributed by atoms with Crippen LogP contribution in [0.15, 0.2) is 59.3 Å². The molecule has 132 valence electrons. The van der Waals surface area contributed by atoms with E-state index in [1.807, 2.05) is 24.3 Å². The standard InChI is InChI=1S/C20H20N4O2/c25-18(22-13-15-12-16(15)14-6-2-1-3-7-14)9-10-19-23-20(24-26-19)17-8-4-5-11-21-17/h1-8,11,15-16H,9-10,12-13H2,(H,22,25)/t15-,16-/m1/s1. The van der Waals surface area contributed by atoms with Crippen LogP contribution < -0.4 is 5.32 Å². The number of aryl methyl sites for hydroxylation is 1. The molecule has 1 saturated carbocycles. The van der Waals surface area contributed by atoms with Crippen LogP contribution in [0.4, 0.5) is 0 Å². The van der Waals surface area contributed by atoms with Crippen molar-refractivity contribution in [3.8, 4) is 11.5 Å². The zero-order valence-corrected chi connectivity index (χ0v) is 14.3. The third-order valence-corrected chi connectivity index (χ3v) is 4.64. The molecule has 6 heteroatoms. The Kier molecular flexibility index (Phi) is 4.73. The maximum absolute atomic E-state index is 12.1. The van der Waals surface area contributed by atoms with Gasteiger partial charge in [-0.05, 0) is 36.0 Å². The molecule has 26 heavy (non-hydrogen) atoms. The highest BCUT2D eigenvalue weighted by molar-refractivity contribution is 5.76. The van der Waals surface area contributed by atoms with E-state index in [9.17, 15) is 4.79 Å². The SMILES string of the molecule is O=C(CCc1nc(-c2ccccn2)no1)NC[C@H]1C[C@@H]1c1ccccc1. The Balaban J connectivity index is 1.21. The summed E-state index contributed by atoms with van der Waals surface area (Å²) in [6, 6.07) is 16.0. The van der Waals surface area contributed by atoms with Gasteiger partial charge in [0.05, 0.1) is 0 Å². The molecular formula is C20H20N4O2. The lowest BCUT2D eigenvalue weighted by Gasteiger charge is -2.04. The topological polar surface area (TPSA) is 80.9 Å². The number of nitrogens with one attached hydrogen (secondary N) is 1. The van der Waals surface area contributed by atoms with Crippen LogP contribution in [0.3, 0.4) is 0 Å². The van der Waals surface area contributed by atoms with Gasteiger partial charge in [-0.2, -0.15) is 4.98 Å². The Labute approximate surface area is 151 Å². The highest BCUT2D eigenvalue weighted by Crippen LogP contribution is 2.46. The van der Waals surface area contributed by atoms with Crippen molar-refractivity contribution >= 4 is 5.91 Å². The molecule has 1 fully saturated rings. The molecule has 3 aromatic rings. The maximum atomic E-state index is 12.1. The molecule has 2 heterocycles. The summed E-state index contributed by atoms with van der Waals surface area (Å²) >= 11 is 0. The van der Waals surface area contributed by atoms with Gasteiger partial charge in [0, 0.05) is 25.6 Å². The lowest BCUT2D eigenvalue weighted by atomic mass is 10.1. The molecule has 1 aromatic carbocycles. The van der Waals surface area contributed by atoms with Crippen molar-refractivity contribution in [1.29, 1.82) is 0 Å². The highest BCUT2D eigenvalue weighted by Gasteiger charge is 2.37. The minimum atomic E-state index is 0.0151. The van der Waals surface area contributed by atoms with Crippen molar-refractivity contribution in [2.75, 3.05) is 6.54 Å². The second kappa shape index (κ2) is 7.47. The van der Waals surface area contributed by atoms with Crippen LogP contribution in [0.5, 0.6) is 0 Å². The van der Waals surface area contributed by atoms with Gasteiger partial charge in [-0.3, -0.25) is 9.78 Å². The fourth-order valence-electron chi connectivity index (χ4n) is 3.09. The fraction of sp³-hybridized carbons (Fsp3) is 0.300. The lowest BCUT2D eigenvalue weighted by Crippen LogP contribution is -2.26. The van der Waals surface area contributed by atoms with E-state index in [-0.39, 0.29) is 5.91 Å². The third kappa shape index (κ3) is 3.96. The first-order chi connectivity index (χ1) is 12.8. The van der Waals surface area contributed by atoms with E-state index < -0.39 is 0 Å². The molecular weight excluding hydrogens is 328 g/mol. The van der Waals surface area contributed by atoms with E-state index in [0.717, 1.165) is 13.0 Å². The number of carbonyl (C=O) groups is 1. The first kappa shape index (κ1) is 16.4. The number of hydrogen-bond donors (Lipinski definition) is 1. The Morgan fingerprint density at radius 1 is 1.15 bits per heavy atom. The van der Waals surface area contributed by atoms with Crippen LogP contribution in [-0.4, -0.2) is 27.6 Å². The van der Waals surface area contributed by atoms with E-state index in [1.165, 1.54) is 5.56 Å². The number of amides is 1. The summed E-state index contributed by atoms with van der Waals surface area (Å²) in [5.74, 6) is 2.04.